The zero-order chi connectivity index (χ0) is 10.3. The van der Waals surface area contributed by atoms with Crippen molar-refractivity contribution in [2.75, 3.05) is 6.54 Å². The fraction of sp³-hybridized carbons (Fsp3) is 0.385. The van der Waals surface area contributed by atoms with E-state index in [9.17, 15) is 0 Å². The maximum Gasteiger partial charge on any atom is 0.134 e. The third kappa shape index (κ3) is 1.45. The van der Waals surface area contributed by atoms with Gasteiger partial charge in [-0.05, 0) is 48.7 Å². The topological polar surface area (TPSA) is 25.2 Å². The number of likely N-dealkylation sites (N-methyl/N-ethyl adjacent to an activating group) is 1. The van der Waals surface area contributed by atoms with Crippen LogP contribution in [-0.4, -0.2) is 12.6 Å². The molecule has 3 rings (SSSR count). The van der Waals surface area contributed by atoms with Crippen molar-refractivity contribution in [2.45, 2.75) is 25.8 Å². The average molecular weight is 201 g/mol. The predicted molar refractivity (Wildman–Crippen MR) is 61.1 cm³/mol. The molecule has 0 unspecified atom stereocenters. The Balaban J connectivity index is 1.98. The van der Waals surface area contributed by atoms with Gasteiger partial charge in [-0.25, -0.2) is 0 Å². The van der Waals surface area contributed by atoms with Crippen LogP contribution < -0.4 is 5.32 Å². The monoisotopic (exact) mass is 201 g/mol. The minimum atomic E-state index is 0.622. The van der Waals surface area contributed by atoms with Crippen LogP contribution in [0.5, 0.6) is 0 Å². The molecule has 1 atom stereocenters. The number of nitrogens with one attached hydrogen (secondary N) is 1. The Morgan fingerprint density at radius 3 is 2.93 bits per heavy atom. The maximum absolute atomic E-state index is 5.42. The first-order chi connectivity index (χ1) is 7.36. The largest absolute Gasteiger partial charge is 0.464 e. The SMILES string of the molecule is CCN[C@@H]1Cc2cc3ccoc3cc2C1. The molecule has 0 saturated heterocycles. The molecule has 0 spiro atoms. The van der Waals surface area contributed by atoms with Crippen LogP contribution in [0.2, 0.25) is 0 Å². The first kappa shape index (κ1) is 8.98. The minimum Gasteiger partial charge on any atom is -0.464 e. The van der Waals surface area contributed by atoms with E-state index in [0.717, 1.165) is 25.0 Å². The third-order valence-electron chi connectivity index (χ3n) is 3.20. The third-order valence-corrected chi connectivity index (χ3v) is 3.20. The van der Waals surface area contributed by atoms with Crippen molar-refractivity contribution < 1.29 is 4.42 Å². The minimum absolute atomic E-state index is 0.622. The Bertz CT molecular complexity index is 446. The van der Waals surface area contributed by atoms with Gasteiger partial charge in [-0.2, -0.15) is 0 Å². The Kier molecular flexibility index (Phi) is 2.03. The Hall–Kier alpha value is -1.28. The van der Waals surface area contributed by atoms with Crippen LogP contribution in [0.3, 0.4) is 0 Å². The van der Waals surface area contributed by atoms with Crippen molar-refractivity contribution in [3.05, 3.63) is 35.6 Å². The molecular weight excluding hydrogens is 186 g/mol. The van der Waals surface area contributed by atoms with Gasteiger partial charge in [0.2, 0.25) is 0 Å². The first-order valence-electron chi connectivity index (χ1n) is 5.59. The molecule has 0 amide bonds. The number of furan rings is 1. The van der Waals surface area contributed by atoms with E-state index in [1.54, 1.807) is 6.26 Å². The lowest BCUT2D eigenvalue weighted by Gasteiger charge is -2.08. The van der Waals surface area contributed by atoms with E-state index in [2.05, 4.69) is 24.4 Å². The van der Waals surface area contributed by atoms with Gasteiger partial charge >= 0.3 is 0 Å². The molecule has 0 bridgehead atoms. The van der Waals surface area contributed by atoms with Gasteiger partial charge in [0.1, 0.15) is 5.58 Å². The molecule has 2 heteroatoms. The first-order valence-corrected chi connectivity index (χ1v) is 5.59. The van der Waals surface area contributed by atoms with Gasteiger partial charge in [-0.15, -0.1) is 0 Å². The van der Waals surface area contributed by atoms with Gasteiger partial charge in [0.05, 0.1) is 6.26 Å². The van der Waals surface area contributed by atoms with Crippen molar-refractivity contribution in [1.82, 2.24) is 5.32 Å². The van der Waals surface area contributed by atoms with E-state index in [4.69, 9.17) is 4.42 Å². The summed E-state index contributed by atoms with van der Waals surface area (Å²) in [6.07, 6.45) is 4.06. The van der Waals surface area contributed by atoms with E-state index in [1.165, 1.54) is 16.5 Å². The summed E-state index contributed by atoms with van der Waals surface area (Å²) in [5, 5.41) is 4.74. The van der Waals surface area contributed by atoms with E-state index >= 15 is 0 Å². The molecule has 2 nitrogen and oxygen atoms in total. The summed E-state index contributed by atoms with van der Waals surface area (Å²) in [6.45, 7) is 3.21. The highest BCUT2D eigenvalue weighted by Gasteiger charge is 2.21. The van der Waals surface area contributed by atoms with E-state index in [0.29, 0.717) is 6.04 Å². The molecule has 1 N–H and O–H groups in total. The van der Waals surface area contributed by atoms with E-state index in [-0.39, 0.29) is 0 Å². The summed E-state index contributed by atoms with van der Waals surface area (Å²) in [4.78, 5) is 0. The van der Waals surface area contributed by atoms with E-state index < -0.39 is 0 Å². The molecular formula is C13H15NO. The second kappa shape index (κ2) is 3.38. The summed E-state index contributed by atoms with van der Waals surface area (Å²) in [5.74, 6) is 0. The van der Waals surface area contributed by atoms with Crippen LogP contribution in [0.4, 0.5) is 0 Å². The zero-order valence-corrected chi connectivity index (χ0v) is 8.92. The van der Waals surface area contributed by atoms with Crippen LogP contribution in [0.1, 0.15) is 18.1 Å². The van der Waals surface area contributed by atoms with Gasteiger partial charge < -0.3 is 9.73 Å². The summed E-state index contributed by atoms with van der Waals surface area (Å²) < 4.78 is 5.42. The molecule has 0 saturated carbocycles. The number of hydrogen-bond acceptors (Lipinski definition) is 2. The number of fused-ring (bicyclic) bond motifs is 2. The predicted octanol–water partition coefficient (Wildman–Crippen LogP) is 2.51. The molecule has 0 fully saturated rings. The van der Waals surface area contributed by atoms with Gasteiger partial charge in [0.25, 0.3) is 0 Å². The summed E-state index contributed by atoms with van der Waals surface area (Å²) >= 11 is 0. The second-order valence-electron chi connectivity index (χ2n) is 4.24. The van der Waals surface area contributed by atoms with Gasteiger partial charge in [0.15, 0.2) is 0 Å². The lowest BCUT2D eigenvalue weighted by molar-refractivity contribution is 0.552. The van der Waals surface area contributed by atoms with E-state index in [1.807, 2.05) is 6.07 Å². The smallest absolute Gasteiger partial charge is 0.134 e. The van der Waals surface area contributed by atoms with Crippen LogP contribution in [0.15, 0.2) is 28.9 Å². The second-order valence-corrected chi connectivity index (χ2v) is 4.24. The summed E-state index contributed by atoms with van der Waals surface area (Å²) in [7, 11) is 0. The Labute approximate surface area is 89.3 Å². The quantitative estimate of drug-likeness (QED) is 0.807. The highest BCUT2D eigenvalue weighted by molar-refractivity contribution is 5.79. The molecule has 1 aliphatic rings. The highest BCUT2D eigenvalue weighted by Crippen LogP contribution is 2.28. The normalized spacial score (nSPS) is 19.7. The fourth-order valence-electron chi connectivity index (χ4n) is 2.51. The standard InChI is InChI=1S/C13H15NO/c1-2-14-12-6-10-5-9-3-4-15-13(9)8-11(10)7-12/h3-5,8,12,14H,2,6-7H2,1H3/t12-/m1/s1. The molecule has 0 radical (unpaired) electrons. The van der Waals surface area contributed by atoms with Gasteiger partial charge in [0, 0.05) is 11.4 Å². The zero-order valence-electron chi connectivity index (χ0n) is 8.92. The fourth-order valence-corrected chi connectivity index (χ4v) is 2.51. The van der Waals surface area contributed by atoms with Crippen molar-refractivity contribution in [3.8, 4) is 0 Å². The average Bonchev–Trinajstić information content (AvgIpc) is 2.78. The van der Waals surface area contributed by atoms with Gasteiger partial charge in [-0.3, -0.25) is 0 Å². The lowest BCUT2D eigenvalue weighted by atomic mass is 10.1. The molecule has 1 heterocycles. The van der Waals surface area contributed by atoms with Crippen LogP contribution >= 0.6 is 0 Å². The molecule has 1 aliphatic carbocycles. The Morgan fingerprint density at radius 1 is 1.33 bits per heavy atom. The summed E-state index contributed by atoms with van der Waals surface area (Å²) in [5.41, 5.74) is 3.95. The molecule has 1 aromatic carbocycles. The van der Waals surface area contributed by atoms with Crippen LogP contribution in [0, 0.1) is 0 Å². The summed E-state index contributed by atoms with van der Waals surface area (Å²) in [6, 6.07) is 7.13. The lowest BCUT2D eigenvalue weighted by Crippen LogP contribution is -2.28. The number of hydrogen-bond donors (Lipinski definition) is 1. The van der Waals surface area contributed by atoms with Crippen molar-refractivity contribution >= 4 is 11.0 Å². The van der Waals surface area contributed by atoms with Crippen molar-refractivity contribution in [1.29, 1.82) is 0 Å². The molecule has 2 aromatic rings. The van der Waals surface area contributed by atoms with Crippen molar-refractivity contribution in [2.24, 2.45) is 0 Å². The van der Waals surface area contributed by atoms with Crippen molar-refractivity contribution in [3.63, 3.8) is 0 Å². The van der Waals surface area contributed by atoms with Crippen LogP contribution in [-0.2, 0) is 12.8 Å². The molecule has 1 aromatic heterocycles. The maximum atomic E-state index is 5.42. The molecule has 15 heavy (non-hydrogen) atoms. The molecule has 0 aliphatic heterocycles. The highest BCUT2D eigenvalue weighted by atomic mass is 16.3. The Morgan fingerprint density at radius 2 is 2.13 bits per heavy atom. The molecule has 78 valence electrons. The number of benzene rings is 1. The number of rotatable bonds is 2. The van der Waals surface area contributed by atoms with Crippen LogP contribution in [0.25, 0.3) is 11.0 Å². The van der Waals surface area contributed by atoms with Gasteiger partial charge in [-0.1, -0.05) is 6.92 Å².